The van der Waals surface area contributed by atoms with E-state index in [-0.39, 0.29) is 26.7 Å². The molecule has 2 N–H and O–H groups in total. The number of methoxy groups -OCH3 is 2. The molecule has 0 aliphatic carbocycles. The molecular formula is C22H22N2O7S2. The predicted molar refractivity (Wildman–Crippen MR) is 124 cm³/mol. The standard InChI is InChI=1S/C22H22N2O7S2/c1-15-8-11-17(23-32(26,27)18-12-9-16(10-13-18)22(25)31-3)14-21(15)33(28,29)24-19-6-4-5-7-20(19)30-2/h4-14,23-24H,1-3H3. The third-order valence-corrected chi connectivity index (χ3v) is 7.57. The zero-order valence-corrected chi connectivity index (χ0v) is 19.7. The Kier molecular flexibility index (Phi) is 6.94. The normalized spacial score (nSPS) is 11.5. The van der Waals surface area contributed by atoms with Crippen molar-refractivity contribution in [2.24, 2.45) is 0 Å². The number of hydrogen-bond donors (Lipinski definition) is 2. The summed E-state index contributed by atoms with van der Waals surface area (Å²) in [5.74, 6) is -0.256. The van der Waals surface area contributed by atoms with E-state index in [0.717, 1.165) is 0 Å². The average molecular weight is 491 g/mol. The van der Waals surface area contributed by atoms with E-state index in [0.29, 0.717) is 11.3 Å². The monoisotopic (exact) mass is 490 g/mol. The van der Waals surface area contributed by atoms with Gasteiger partial charge in [-0.1, -0.05) is 18.2 Å². The number of rotatable bonds is 8. The molecule has 174 valence electrons. The molecule has 0 aromatic heterocycles. The molecule has 9 nitrogen and oxygen atoms in total. The summed E-state index contributed by atoms with van der Waals surface area (Å²) in [5.41, 5.74) is 0.916. The van der Waals surface area contributed by atoms with Crippen molar-refractivity contribution in [3.05, 3.63) is 77.9 Å². The highest BCUT2D eigenvalue weighted by Crippen LogP contribution is 2.29. The highest BCUT2D eigenvalue weighted by Gasteiger charge is 2.21. The molecule has 0 heterocycles. The molecule has 0 spiro atoms. The van der Waals surface area contributed by atoms with Crippen LogP contribution >= 0.6 is 0 Å². The Morgan fingerprint density at radius 3 is 2.12 bits per heavy atom. The fourth-order valence-corrected chi connectivity index (χ4v) is 5.38. The zero-order valence-electron chi connectivity index (χ0n) is 18.0. The van der Waals surface area contributed by atoms with Crippen molar-refractivity contribution in [2.45, 2.75) is 16.7 Å². The Balaban J connectivity index is 1.90. The van der Waals surface area contributed by atoms with Gasteiger partial charge in [-0.3, -0.25) is 9.44 Å². The van der Waals surface area contributed by atoms with Gasteiger partial charge in [0.2, 0.25) is 0 Å². The first-order valence-electron chi connectivity index (χ1n) is 9.55. The number of para-hydroxylation sites is 2. The molecule has 0 saturated carbocycles. The highest BCUT2D eigenvalue weighted by atomic mass is 32.2. The van der Waals surface area contributed by atoms with Crippen molar-refractivity contribution in [1.29, 1.82) is 0 Å². The van der Waals surface area contributed by atoms with Crippen molar-refractivity contribution < 1.29 is 31.1 Å². The largest absolute Gasteiger partial charge is 0.495 e. The lowest BCUT2D eigenvalue weighted by Crippen LogP contribution is -2.17. The van der Waals surface area contributed by atoms with Crippen molar-refractivity contribution >= 4 is 37.4 Å². The van der Waals surface area contributed by atoms with Crippen LogP contribution in [-0.4, -0.2) is 37.0 Å². The van der Waals surface area contributed by atoms with Gasteiger partial charge in [-0.15, -0.1) is 0 Å². The molecule has 3 aromatic carbocycles. The van der Waals surface area contributed by atoms with E-state index in [1.54, 1.807) is 31.2 Å². The van der Waals surface area contributed by atoms with Crippen LogP contribution < -0.4 is 14.2 Å². The third kappa shape index (κ3) is 5.44. The van der Waals surface area contributed by atoms with E-state index in [1.807, 2.05) is 0 Å². The highest BCUT2D eigenvalue weighted by molar-refractivity contribution is 7.93. The maximum atomic E-state index is 13.0. The minimum atomic E-state index is -4.05. The van der Waals surface area contributed by atoms with Gasteiger partial charge in [0.05, 0.1) is 40.9 Å². The van der Waals surface area contributed by atoms with Crippen LogP contribution in [0.3, 0.4) is 0 Å². The van der Waals surface area contributed by atoms with Gasteiger partial charge in [-0.25, -0.2) is 21.6 Å². The smallest absolute Gasteiger partial charge is 0.337 e. The van der Waals surface area contributed by atoms with Gasteiger partial charge >= 0.3 is 5.97 Å². The second-order valence-corrected chi connectivity index (χ2v) is 10.2. The van der Waals surface area contributed by atoms with Crippen LogP contribution in [0.4, 0.5) is 11.4 Å². The van der Waals surface area contributed by atoms with Crippen LogP contribution in [0.1, 0.15) is 15.9 Å². The number of sulfonamides is 2. The van der Waals surface area contributed by atoms with Crippen molar-refractivity contribution in [2.75, 3.05) is 23.7 Å². The number of benzene rings is 3. The molecular weight excluding hydrogens is 468 g/mol. The van der Waals surface area contributed by atoms with Gasteiger partial charge < -0.3 is 9.47 Å². The minimum absolute atomic E-state index is 0.0537. The lowest BCUT2D eigenvalue weighted by Gasteiger charge is -2.15. The van der Waals surface area contributed by atoms with Crippen LogP contribution in [0.15, 0.2) is 76.5 Å². The van der Waals surface area contributed by atoms with Crippen molar-refractivity contribution in [3.63, 3.8) is 0 Å². The molecule has 3 rings (SSSR count). The van der Waals surface area contributed by atoms with Crippen molar-refractivity contribution in [1.82, 2.24) is 0 Å². The number of carbonyl (C=O) groups excluding carboxylic acids is 1. The number of carbonyl (C=O) groups is 1. The molecule has 0 atom stereocenters. The molecule has 3 aromatic rings. The maximum Gasteiger partial charge on any atom is 0.337 e. The summed E-state index contributed by atoms with van der Waals surface area (Å²) in [6.45, 7) is 1.60. The number of hydrogen-bond acceptors (Lipinski definition) is 7. The number of nitrogens with one attached hydrogen (secondary N) is 2. The van der Waals surface area contributed by atoms with Crippen LogP contribution in [0.2, 0.25) is 0 Å². The minimum Gasteiger partial charge on any atom is -0.495 e. The average Bonchev–Trinajstić information content (AvgIpc) is 2.79. The molecule has 11 heteroatoms. The Labute approximate surface area is 192 Å². The molecule has 0 saturated heterocycles. The zero-order chi connectivity index (χ0) is 24.2. The van der Waals surface area contributed by atoms with Gasteiger partial charge in [0.1, 0.15) is 5.75 Å². The molecule has 0 fully saturated rings. The Morgan fingerprint density at radius 2 is 1.48 bits per heavy atom. The molecule has 33 heavy (non-hydrogen) atoms. The first-order chi connectivity index (χ1) is 15.6. The molecule has 0 bridgehead atoms. The van der Waals surface area contributed by atoms with E-state index in [2.05, 4.69) is 14.2 Å². The SMILES string of the molecule is COC(=O)c1ccc(S(=O)(=O)Nc2ccc(C)c(S(=O)(=O)Nc3ccccc3OC)c2)cc1. The Bertz CT molecular complexity index is 1380. The first kappa shape index (κ1) is 24.1. The summed E-state index contributed by atoms with van der Waals surface area (Å²) in [4.78, 5) is 11.3. The summed E-state index contributed by atoms with van der Waals surface area (Å²) in [6, 6.07) is 15.9. The lowest BCUT2D eigenvalue weighted by atomic mass is 10.2. The van der Waals surface area contributed by atoms with Gasteiger partial charge in [-0.05, 0) is 61.0 Å². The van der Waals surface area contributed by atoms with Crippen LogP contribution in [0, 0.1) is 6.92 Å². The van der Waals surface area contributed by atoms with Crippen LogP contribution in [0.25, 0.3) is 0 Å². The summed E-state index contributed by atoms with van der Waals surface area (Å²) in [7, 11) is -5.45. The lowest BCUT2D eigenvalue weighted by molar-refractivity contribution is 0.0600. The number of anilines is 2. The second kappa shape index (κ2) is 9.51. The summed E-state index contributed by atoms with van der Waals surface area (Å²) < 4.78 is 66.2. The number of esters is 1. The molecule has 0 radical (unpaired) electrons. The van der Waals surface area contributed by atoms with Gasteiger partial charge in [0.25, 0.3) is 20.0 Å². The molecule has 0 unspecified atom stereocenters. The van der Waals surface area contributed by atoms with Crippen molar-refractivity contribution in [3.8, 4) is 5.75 Å². The molecule has 0 aliphatic heterocycles. The van der Waals surface area contributed by atoms with E-state index in [9.17, 15) is 21.6 Å². The number of ether oxygens (including phenoxy) is 2. The van der Waals surface area contributed by atoms with E-state index in [1.165, 1.54) is 56.7 Å². The Hall–Kier alpha value is -3.57. The third-order valence-electron chi connectivity index (χ3n) is 4.67. The summed E-state index contributed by atoms with van der Waals surface area (Å²) in [6.07, 6.45) is 0. The predicted octanol–water partition coefficient (Wildman–Crippen LogP) is 3.39. The van der Waals surface area contributed by atoms with E-state index in [4.69, 9.17) is 4.74 Å². The van der Waals surface area contributed by atoms with Gasteiger partial charge in [0, 0.05) is 0 Å². The number of aryl methyl sites for hydroxylation is 1. The van der Waals surface area contributed by atoms with Gasteiger partial charge in [-0.2, -0.15) is 0 Å². The van der Waals surface area contributed by atoms with Crippen LogP contribution in [-0.2, 0) is 24.8 Å². The molecule has 0 aliphatic rings. The van der Waals surface area contributed by atoms with Crippen LogP contribution in [0.5, 0.6) is 5.75 Å². The summed E-state index contributed by atoms with van der Waals surface area (Å²) in [5, 5.41) is 0. The Morgan fingerprint density at radius 1 is 0.818 bits per heavy atom. The second-order valence-electron chi connectivity index (χ2n) is 6.91. The first-order valence-corrected chi connectivity index (χ1v) is 12.5. The van der Waals surface area contributed by atoms with E-state index >= 15 is 0 Å². The fourth-order valence-electron chi connectivity index (χ4n) is 2.98. The topological polar surface area (TPSA) is 128 Å². The molecule has 0 amide bonds. The van der Waals surface area contributed by atoms with Gasteiger partial charge in [0.15, 0.2) is 0 Å². The fraction of sp³-hybridized carbons (Fsp3) is 0.136. The summed E-state index contributed by atoms with van der Waals surface area (Å²) >= 11 is 0. The van der Waals surface area contributed by atoms with E-state index < -0.39 is 26.0 Å². The maximum absolute atomic E-state index is 13.0. The quantitative estimate of drug-likeness (QED) is 0.463.